The van der Waals surface area contributed by atoms with Crippen LogP contribution < -0.4 is 10.1 Å². The number of amides is 1. The van der Waals surface area contributed by atoms with E-state index in [1.807, 2.05) is 45.0 Å². The zero-order chi connectivity index (χ0) is 13.6. The summed E-state index contributed by atoms with van der Waals surface area (Å²) in [6, 6.07) is 7.91. The molecular weight excluding hydrogens is 250 g/mol. The van der Waals surface area contributed by atoms with Gasteiger partial charge < -0.3 is 10.1 Å². The van der Waals surface area contributed by atoms with E-state index in [0.29, 0.717) is 6.61 Å². The molecule has 0 aliphatic heterocycles. The lowest BCUT2D eigenvalue weighted by atomic mass is 10.0. The quantitative estimate of drug-likeness (QED) is 0.807. The van der Waals surface area contributed by atoms with Crippen molar-refractivity contribution in [2.75, 3.05) is 12.5 Å². The van der Waals surface area contributed by atoms with Crippen LogP contribution in [0.1, 0.15) is 25.8 Å². The van der Waals surface area contributed by atoms with Gasteiger partial charge in [0.15, 0.2) is 0 Å². The standard InChI is InChI=1S/C14H20ClNO2/c1-11-4-6-12(7-5-11)18-9-8-14(2,3)16-13(17)10-15/h4-7H,8-10H2,1-3H3,(H,16,17). The predicted octanol–water partition coefficient (Wildman–Crippen LogP) is 2.90. The SMILES string of the molecule is Cc1ccc(OCCC(C)(C)NC(=O)CCl)cc1. The van der Waals surface area contributed by atoms with Gasteiger partial charge in [-0.25, -0.2) is 0 Å². The van der Waals surface area contributed by atoms with E-state index in [4.69, 9.17) is 16.3 Å². The molecule has 3 nitrogen and oxygen atoms in total. The molecule has 0 aliphatic carbocycles. The van der Waals surface area contributed by atoms with Crippen LogP contribution >= 0.6 is 11.6 Å². The molecule has 1 N–H and O–H groups in total. The van der Waals surface area contributed by atoms with E-state index >= 15 is 0 Å². The third-order valence-corrected chi connectivity index (χ3v) is 2.86. The van der Waals surface area contributed by atoms with E-state index in [2.05, 4.69) is 5.32 Å². The molecule has 1 amide bonds. The summed E-state index contributed by atoms with van der Waals surface area (Å²) in [6.45, 7) is 6.50. The molecule has 1 aromatic rings. The summed E-state index contributed by atoms with van der Waals surface area (Å²) >= 11 is 5.46. The summed E-state index contributed by atoms with van der Waals surface area (Å²) in [7, 11) is 0. The lowest BCUT2D eigenvalue weighted by molar-refractivity contribution is -0.120. The molecule has 0 atom stereocenters. The second-order valence-electron chi connectivity index (χ2n) is 4.98. The highest BCUT2D eigenvalue weighted by Crippen LogP contribution is 2.14. The first kappa shape index (κ1) is 14.8. The molecule has 1 aromatic carbocycles. The molecule has 0 aromatic heterocycles. The van der Waals surface area contributed by atoms with Gasteiger partial charge in [-0.15, -0.1) is 11.6 Å². The monoisotopic (exact) mass is 269 g/mol. The van der Waals surface area contributed by atoms with Crippen molar-refractivity contribution in [3.8, 4) is 5.75 Å². The van der Waals surface area contributed by atoms with Gasteiger partial charge in [-0.05, 0) is 32.9 Å². The topological polar surface area (TPSA) is 38.3 Å². The van der Waals surface area contributed by atoms with E-state index in [9.17, 15) is 4.79 Å². The highest BCUT2D eigenvalue weighted by Gasteiger charge is 2.19. The number of rotatable bonds is 6. The number of halogens is 1. The number of alkyl halides is 1. The third-order valence-electron chi connectivity index (χ3n) is 2.62. The summed E-state index contributed by atoms with van der Waals surface area (Å²) in [5, 5.41) is 2.85. The van der Waals surface area contributed by atoms with Gasteiger partial charge in [0.05, 0.1) is 6.61 Å². The van der Waals surface area contributed by atoms with Gasteiger partial charge >= 0.3 is 0 Å². The summed E-state index contributed by atoms with van der Waals surface area (Å²) < 4.78 is 5.63. The molecule has 4 heteroatoms. The fourth-order valence-corrected chi connectivity index (χ4v) is 1.60. The Kier molecular flexibility index (Phi) is 5.48. The van der Waals surface area contributed by atoms with E-state index in [1.165, 1.54) is 5.56 Å². The van der Waals surface area contributed by atoms with E-state index in [-0.39, 0.29) is 17.3 Å². The van der Waals surface area contributed by atoms with Crippen molar-refractivity contribution in [3.05, 3.63) is 29.8 Å². The summed E-state index contributed by atoms with van der Waals surface area (Å²) in [5.74, 6) is 0.680. The molecule has 0 saturated carbocycles. The molecular formula is C14H20ClNO2. The molecule has 100 valence electrons. The summed E-state index contributed by atoms with van der Waals surface area (Å²) in [5.41, 5.74) is 0.897. The Morgan fingerprint density at radius 1 is 1.33 bits per heavy atom. The number of hydrogen-bond donors (Lipinski definition) is 1. The average Bonchev–Trinajstić information content (AvgIpc) is 2.31. The lowest BCUT2D eigenvalue weighted by Crippen LogP contribution is -2.45. The molecule has 1 rings (SSSR count). The minimum atomic E-state index is -0.309. The van der Waals surface area contributed by atoms with Gasteiger partial charge in [0.25, 0.3) is 0 Å². The zero-order valence-electron chi connectivity index (χ0n) is 11.1. The first-order valence-electron chi connectivity index (χ1n) is 5.99. The fourth-order valence-electron chi connectivity index (χ4n) is 1.53. The van der Waals surface area contributed by atoms with Crippen LogP contribution in [0.2, 0.25) is 0 Å². The van der Waals surface area contributed by atoms with E-state index < -0.39 is 0 Å². The number of benzene rings is 1. The Balaban J connectivity index is 2.36. The highest BCUT2D eigenvalue weighted by atomic mass is 35.5. The maximum Gasteiger partial charge on any atom is 0.235 e. The van der Waals surface area contributed by atoms with Crippen molar-refractivity contribution in [3.63, 3.8) is 0 Å². The first-order chi connectivity index (χ1) is 8.43. The number of carbonyl (C=O) groups is 1. The van der Waals surface area contributed by atoms with Crippen molar-refractivity contribution in [2.24, 2.45) is 0 Å². The normalized spacial score (nSPS) is 11.1. The largest absolute Gasteiger partial charge is 0.494 e. The lowest BCUT2D eigenvalue weighted by Gasteiger charge is -2.25. The van der Waals surface area contributed by atoms with Crippen LogP contribution in [0.15, 0.2) is 24.3 Å². The van der Waals surface area contributed by atoms with Gasteiger partial charge in [0.1, 0.15) is 11.6 Å². The van der Waals surface area contributed by atoms with Gasteiger partial charge in [-0.2, -0.15) is 0 Å². The Labute approximate surface area is 113 Å². The third kappa shape index (κ3) is 5.41. The summed E-state index contributed by atoms with van der Waals surface area (Å²) in [6.07, 6.45) is 0.726. The number of carbonyl (C=O) groups excluding carboxylic acids is 1. The van der Waals surface area contributed by atoms with Crippen molar-refractivity contribution < 1.29 is 9.53 Å². The zero-order valence-corrected chi connectivity index (χ0v) is 11.9. The predicted molar refractivity (Wildman–Crippen MR) is 74.2 cm³/mol. The van der Waals surface area contributed by atoms with Crippen LogP contribution in [-0.2, 0) is 4.79 Å². The number of hydrogen-bond acceptors (Lipinski definition) is 2. The van der Waals surface area contributed by atoms with Gasteiger partial charge in [-0.1, -0.05) is 17.7 Å². The van der Waals surface area contributed by atoms with Crippen molar-refractivity contribution >= 4 is 17.5 Å². The summed E-state index contributed by atoms with van der Waals surface area (Å²) in [4.78, 5) is 11.2. The number of nitrogens with one attached hydrogen (secondary N) is 1. The van der Waals surface area contributed by atoms with Crippen molar-refractivity contribution in [1.82, 2.24) is 5.32 Å². The Bertz CT molecular complexity index is 387. The molecule has 0 aliphatic rings. The molecule has 0 unspecified atom stereocenters. The molecule has 0 bridgehead atoms. The van der Waals surface area contributed by atoms with Crippen LogP contribution in [0, 0.1) is 6.92 Å². The highest BCUT2D eigenvalue weighted by molar-refractivity contribution is 6.27. The molecule has 0 spiro atoms. The smallest absolute Gasteiger partial charge is 0.235 e. The average molecular weight is 270 g/mol. The van der Waals surface area contributed by atoms with E-state index in [1.54, 1.807) is 0 Å². The minimum Gasteiger partial charge on any atom is -0.494 e. The second kappa shape index (κ2) is 6.64. The van der Waals surface area contributed by atoms with Crippen molar-refractivity contribution in [1.29, 1.82) is 0 Å². The molecule has 0 heterocycles. The number of ether oxygens (including phenoxy) is 1. The molecule has 0 fully saturated rings. The molecule has 0 saturated heterocycles. The van der Waals surface area contributed by atoms with Crippen molar-refractivity contribution in [2.45, 2.75) is 32.7 Å². The molecule has 18 heavy (non-hydrogen) atoms. The van der Waals surface area contributed by atoms with Gasteiger partial charge in [0.2, 0.25) is 5.91 Å². The van der Waals surface area contributed by atoms with Crippen LogP contribution in [0.25, 0.3) is 0 Å². The Morgan fingerprint density at radius 3 is 2.50 bits per heavy atom. The fraction of sp³-hybridized carbons (Fsp3) is 0.500. The number of aryl methyl sites for hydroxylation is 1. The van der Waals surface area contributed by atoms with Crippen LogP contribution in [-0.4, -0.2) is 23.9 Å². The molecule has 0 radical (unpaired) electrons. The first-order valence-corrected chi connectivity index (χ1v) is 6.53. The van der Waals surface area contributed by atoms with E-state index in [0.717, 1.165) is 12.2 Å². The van der Waals surface area contributed by atoms with Crippen LogP contribution in [0.4, 0.5) is 0 Å². The maximum absolute atomic E-state index is 11.2. The maximum atomic E-state index is 11.2. The van der Waals surface area contributed by atoms with Crippen LogP contribution in [0.3, 0.4) is 0 Å². The van der Waals surface area contributed by atoms with Gasteiger partial charge in [-0.3, -0.25) is 4.79 Å². The Hall–Kier alpha value is -1.22. The minimum absolute atomic E-state index is 0.0117. The van der Waals surface area contributed by atoms with Crippen LogP contribution in [0.5, 0.6) is 5.75 Å². The van der Waals surface area contributed by atoms with Gasteiger partial charge in [0, 0.05) is 12.0 Å². The Morgan fingerprint density at radius 2 is 1.94 bits per heavy atom. The second-order valence-corrected chi connectivity index (χ2v) is 5.24.